The summed E-state index contributed by atoms with van der Waals surface area (Å²) in [7, 11) is 0. The van der Waals surface area contributed by atoms with Crippen molar-refractivity contribution in [3.63, 3.8) is 0 Å². The van der Waals surface area contributed by atoms with Crippen molar-refractivity contribution in [3.05, 3.63) is 51.6 Å². The number of aryl methyl sites for hydroxylation is 1. The molecule has 0 N–H and O–H groups in total. The molecule has 1 aliphatic carbocycles. The lowest BCUT2D eigenvalue weighted by atomic mass is 10.0. The van der Waals surface area contributed by atoms with E-state index in [0.29, 0.717) is 35.9 Å². The van der Waals surface area contributed by atoms with Gasteiger partial charge in [0.05, 0.1) is 18.1 Å². The van der Waals surface area contributed by atoms with Gasteiger partial charge in [-0.15, -0.1) is 0 Å². The Morgan fingerprint density at radius 3 is 2.42 bits per heavy atom. The number of ether oxygens (including phenoxy) is 2. The van der Waals surface area contributed by atoms with E-state index in [0.717, 1.165) is 40.0 Å². The average Bonchev–Trinajstić information content (AvgIpc) is 3.07. The number of imidazole rings is 1. The van der Waals surface area contributed by atoms with Crippen LogP contribution in [0.15, 0.2) is 40.0 Å². The highest BCUT2D eigenvalue weighted by Gasteiger charge is 2.19. The molecule has 2 aromatic rings. The van der Waals surface area contributed by atoms with Crippen molar-refractivity contribution in [1.82, 2.24) is 9.55 Å². The van der Waals surface area contributed by atoms with Gasteiger partial charge in [0, 0.05) is 21.4 Å². The highest BCUT2D eigenvalue weighted by Crippen LogP contribution is 2.37. The molecule has 0 amide bonds. The molecule has 0 saturated heterocycles. The lowest BCUT2D eigenvalue weighted by Crippen LogP contribution is -2.10. The number of halogens is 2. The molecule has 0 bridgehead atoms. The molecule has 182 valence electrons. The van der Waals surface area contributed by atoms with Crippen LogP contribution in [0.5, 0.6) is 0 Å². The molecule has 3 rings (SSSR count). The number of hydrogen-bond donors (Lipinski definition) is 0. The SMILES string of the molecule is Cc1nc(C(C)C)c(Sc2cc(Cl)cc(Cl)c2)n1COCCO/C1=C/CCCCCCCC1. The van der Waals surface area contributed by atoms with Crippen molar-refractivity contribution in [2.45, 2.75) is 94.7 Å². The topological polar surface area (TPSA) is 36.3 Å². The predicted octanol–water partition coefficient (Wildman–Crippen LogP) is 8.78. The van der Waals surface area contributed by atoms with Crippen LogP contribution in [0.2, 0.25) is 10.0 Å². The van der Waals surface area contributed by atoms with Crippen molar-refractivity contribution in [1.29, 1.82) is 0 Å². The lowest BCUT2D eigenvalue weighted by Gasteiger charge is -2.15. The average molecular weight is 512 g/mol. The number of nitrogens with zero attached hydrogens (tertiary/aromatic N) is 2. The molecule has 1 aromatic carbocycles. The maximum absolute atomic E-state index is 6.22. The van der Waals surface area contributed by atoms with Crippen LogP contribution >= 0.6 is 35.0 Å². The van der Waals surface area contributed by atoms with E-state index in [1.165, 1.54) is 38.5 Å². The second-order valence-electron chi connectivity index (χ2n) is 8.86. The van der Waals surface area contributed by atoms with Gasteiger partial charge in [0.1, 0.15) is 24.2 Å². The summed E-state index contributed by atoms with van der Waals surface area (Å²) in [4.78, 5) is 5.80. The van der Waals surface area contributed by atoms with Crippen molar-refractivity contribution < 1.29 is 9.47 Å². The Hall–Kier alpha value is -1.14. The third kappa shape index (κ3) is 8.54. The molecule has 1 heterocycles. The zero-order valence-electron chi connectivity index (χ0n) is 20.0. The molecule has 0 spiro atoms. The molecule has 0 saturated carbocycles. The van der Waals surface area contributed by atoms with Crippen molar-refractivity contribution in [2.24, 2.45) is 0 Å². The lowest BCUT2D eigenvalue weighted by molar-refractivity contribution is 0.0315. The van der Waals surface area contributed by atoms with E-state index >= 15 is 0 Å². The molecule has 0 unspecified atom stereocenters. The van der Waals surface area contributed by atoms with Gasteiger partial charge in [0.2, 0.25) is 0 Å². The number of allylic oxidation sites excluding steroid dienone is 2. The fourth-order valence-corrected chi connectivity index (χ4v) is 5.87. The molecular weight excluding hydrogens is 475 g/mol. The van der Waals surface area contributed by atoms with Gasteiger partial charge >= 0.3 is 0 Å². The molecule has 0 radical (unpaired) electrons. The van der Waals surface area contributed by atoms with Crippen LogP contribution in [-0.4, -0.2) is 22.8 Å². The summed E-state index contributed by atoms with van der Waals surface area (Å²) in [6, 6.07) is 5.60. The highest BCUT2D eigenvalue weighted by molar-refractivity contribution is 7.99. The second-order valence-corrected chi connectivity index (χ2v) is 10.8. The van der Waals surface area contributed by atoms with E-state index in [1.54, 1.807) is 17.8 Å². The van der Waals surface area contributed by atoms with Gasteiger partial charge in [-0.05, 0) is 56.4 Å². The quantitative estimate of drug-likeness (QED) is 0.315. The molecule has 1 aliphatic rings. The Morgan fingerprint density at radius 2 is 1.70 bits per heavy atom. The molecule has 33 heavy (non-hydrogen) atoms. The third-order valence-electron chi connectivity index (χ3n) is 5.72. The van der Waals surface area contributed by atoms with E-state index in [4.69, 9.17) is 37.7 Å². The summed E-state index contributed by atoms with van der Waals surface area (Å²) < 4.78 is 14.2. The minimum Gasteiger partial charge on any atom is -0.496 e. The first kappa shape index (κ1) is 26.5. The van der Waals surface area contributed by atoms with Crippen LogP contribution in [0, 0.1) is 6.92 Å². The van der Waals surface area contributed by atoms with Crippen molar-refractivity contribution in [3.8, 4) is 0 Å². The smallest absolute Gasteiger partial charge is 0.125 e. The number of aromatic nitrogens is 2. The van der Waals surface area contributed by atoms with Gasteiger partial charge in [-0.2, -0.15) is 0 Å². The van der Waals surface area contributed by atoms with Crippen LogP contribution in [0.1, 0.15) is 82.7 Å². The van der Waals surface area contributed by atoms with Gasteiger partial charge in [-0.25, -0.2) is 4.98 Å². The summed E-state index contributed by atoms with van der Waals surface area (Å²) in [6.45, 7) is 7.88. The van der Waals surface area contributed by atoms with Crippen LogP contribution in [-0.2, 0) is 16.2 Å². The monoisotopic (exact) mass is 510 g/mol. The first-order valence-electron chi connectivity index (χ1n) is 12.0. The Labute approximate surface area is 213 Å². The zero-order valence-corrected chi connectivity index (χ0v) is 22.4. The number of benzene rings is 1. The maximum atomic E-state index is 6.22. The normalized spacial score (nSPS) is 17.1. The van der Waals surface area contributed by atoms with Gasteiger partial charge in [-0.1, -0.05) is 74.5 Å². The zero-order chi connectivity index (χ0) is 23.6. The number of rotatable bonds is 9. The molecule has 0 atom stereocenters. The first-order chi connectivity index (χ1) is 15.9. The fraction of sp³-hybridized carbons (Fsp3) is 0.577. The van der Waals surface area contributed by atoms with E-state index in [1.807, 2.05) is 19.1 Å². The maximum Gasteiger partial charge on any atom is 0.125 e. The fourth-order valence-electron chi connectivity index (χ4n) is 3.94. The minimum absolute atomic E-state index is 0.296. The first-order valence-corrected chi connectivity index (χ1v) is 13.6. The molecule has 1 aromatic heterocycles. The van der Waals surface area contributed by atoms with Gasteiger partial charge in [0.15, 0.2) is 0 Å². The summed E-state index contributed by atoms with van der Waals surface area (Å²) in [5.74, 6) is 2.37. The highest BCUT2D eigenvalue weighted by atomic mass is 35.5. The predicted molar refractivity (Wildman–Crippen MR) is 139 cm³/mol. The summed E-state index contributed by atoms with van der Waals surface area (Å²) in [6.07, 6.45) is 12.3. The second kappa shape index (κ2) is 13.7. The van der Waals surface area contributed by atoms with Crippen LogP contribution in [0.3, 0.4) is 0 Å². The van der Waals surface area contributed by atoms with E-state index in [9.17, 15) is 0 Å². The van der Waals surface area contributed by atoms with E-state index in [-0.39, 0.29) is 0 Å². The van der Waals surface area contributed by atoms with E-state index in [2.05, 4.69) is 24.5 Å². The molecule has 0 aliphatic heterocycles. The minimum atomic E-state index is 0.296. The largest absolute Gasteiger partial charge is 0.496 e. The van der Waals surface area contributed by atoms with Crippen LogP contribution < -0.4 is 0 Å². The standard InChI is InChI=1S/C26H36Cl2N2O2S/c1-19(2)25-26(33-24-16-21(27)15-22(28)17-24)30(20(3)29-25)18-31-13-14-32-23-11-9-7-5-4-6-8-10-12-23/h11,15-17,19H,4-10,12-14,18H2,1-3H3/b23-11+. The van der Waals surface area contributed by atoms with Crippen molar-refractivity contribution >= 4 is 35.0 Å². The molecular formula is C26H36Cl2N2O2S. The third-order valence-corrected chi connectivity index (χ3v) is 7.25. The Balaban J connectivity index is 1.59. The van der Waals surface area contributed by atoms with E-state index < -0.39 is 0 Å². The summed E-state index contributed by atoms with van der Waals surface area (Å²) >= 11 is 14.1. The van der Waals surface area contributed by atoms with Crippen LogP contribution in [0.25, 0.3) is 0 Å². The molecule has 4 nitrogen and oxygen atoms in total. The summed E-state index contributed by atoms with van der Waals surface area (Å²) in [5, 5.41) is 2.32. The Bertz CT molecular complexity index is 907. The van der Waals surface area contributed by atoms with Gasteiger partial charge < -0.3 is 9.47 Å². The van der Waals surface area contributed by atoms with Crippen molar-refractivity contribution in [2.75, 3.05) is 13.2 Å². The molecule has 0 fully saturated rings. The summed E-state index contributed by atoms with van der Waals surface area (Å²) in [5.41, 5.74) is 1.06. The Morgan fingerprint density at radius 1 is 1.00 bits per heavy atom. The Kier molecular flexibility index (Phi) is 11.0. The van der Waals surface area contributed by atoms with Gasteiger partial charge in [-0.3, -0.25) is 4.57 Å². The molecule has 7 heteroatoms. The van der Waals surface area contributed by atoms with Crippen LogP contribution in [0.4, 0.5) is 0 Å². The van der Waals surface area contributed by atoms with Gasteiger partial charge in [0.25, 0.3) is 0 Å². The number of hydrogen-bond acceptors (Lipinski definition) is 4.